The number of carbonyl (C=O) groups excluding carboxylic acids is 2. The van der Waals surface area contributed by atoms with Crippen molar-refractivity contribution in [2.24, 2.45) is 0 Å². The Morgan fingerprint density at radius 3 is 2.71 bits per heavy atom. The lowest BCUT2D eigenvalue weighted by Crippen LogP contribution is -2.27. The van der Waals surface area contributed by atoms with Crippen molar-refractivity contribution in [1.29, 1.82) is 0 Å². The SMILES string of the molecule is O=C1S/C(=C/c2ccc(-c3ccc(Cl)cc3[N+](=O)[O-])o2)C(=O)N1Cc1cccc(Br)c1. The van der Waals surface area contributed by atoms with Crippen LogP contribution in [0.1, 0.15) is 11.3 Å². The average Bonchev–Trinajstić information content (AvgIpc) is 3.28. The summed E-state index contributed by atoms with van der Waals surface area (Å²) < 4.78 is 6.54. The van der Waals surface area contributed by atoms with Gasteiger partial charge in [0.05, 0.1) is 21.9 Å². The Kier molecular flexibility index (Phi) is 5.99. The highest BCUT2D eigenvalue weighted by Crippen LogP contribution is 2.36. The van der Waals surface area contributed by atoms with Gasteiger partial charge in [0.25, 0.3) is 16.8 Å². The normalized spacial score (nSPS) is 15.2. The lowest BCUT2D eigenvalue weighted by Gasteiger charge is -2.12. The highest BCUT2D eigenvalue weighted by atomic mass is 79.9. The zero-order chi connectivity index (χ0) is 22.1. The molecule has 1 aliphatic heterocycles. The van der Waals surface area contributed by atoms with E-state index in [2.05, 4.69) is 15.9 Å². The van der Waals surface area contributed by atoms with Gasteiger partial charge in [0.1, 0.15) is 11.5 Å². The van der Waals surface area contributed by atoms with Crippen molar-refractivity contribution in [1.82, 2.24) is 4.90 Å². The number of thioether (sulfide) groups is 1. The first-order valence-corrected chi connectivity index (χ1v) is 10.8. The van der Waals surface area contributed by atoms with Crippen molar-refractivity contribution in [2.45, 2.75) is 6.54 Å². The van der Waals surface area contributed by atoms with E-state index in [-0.39, 0.29) is 38.7 Å². The second-order valence-electron chi connectivity index (χ2n) is 6.52. The molecule has 1 fully saturated rings. The number of carbonyl (C=O) groups is 2. The molecule has 0 atom stereocenters. The maximum Gasteiger partial charge on any atom is 0.293 e. The summed E-state index contributed by atoms with van der Waals surface area (Å²) in [6, 6.07) is 14.8. The molecule has 1 aromatic heterocycles. The van der Waals surface area contributed by atoms with Crippen LogP contribution in [0.5, 0.6) is 0 Å². The Morgan fingerprint density at radius 1 is 1.16 bits per heavy atom. The van der Waals surface area contributed by atoms with Gasteiger partial charge in [-0.2, -0.15) is 0 Å². The van der Waals surface area contributed by atoms with Gasteiger partial charge in [0, 0.05) is 21.6 Å². The van der Waals surface area contributed by atoms with Crippen LogP contribution in [-0.4, -0.2) is 21.0 Å². The molecular formula is C21H12BrClN2O5S. The maximum atomic E-state index is 12.7. The molecule has 0 aliphatic carbocycles. The van der Waals surface area contributed by atoms with Gasteiger partial charge in [0.2, 0.25) is 0 Å². The van der Waals surface area contributed by atoms with Gasteiger partial charge in [-0.05, 0) is 53.7 Å². The van der Waals surface area contributed by atoms with Gasteiger partial charge in [-0.1, -0.05) is 39.7 Å². The van der Waals surface area contributed by atoms with Crippen LogP contribution >= 0.6 is 39.3 Å². The molecule has 0 spiro atoms. The van der Waals surface area contributed by atoms with E-state index in [9.17, 15) is 19.7 Å². The summed E-state index contributed by atoms with van der Waals surface area (Å²) in [5.74, 6) is 0.126. The van der Waals surface area contributed by atoms with Crippen molar-refractivity contribution in [3.63, 3.8) is 0 Å². The Hall–Kier alpha value is -2.88. The van der Waals surface area contributed by atoms with Crippen LogP contribution in [0.15, 0.2) is 68.4 Å². The number of halogens is 2. The molecule has 2 aromatic carbocycles. The van der Waals surface area contributed by atoms with Gasteiger partial charge in [-0.25, -0.2) is 0 Å². The molecular weight excluding hydrogens is 508 g/mol. The van der Waals surface area contributed by atoms with E-state index in [0.717, 1.165) is 26.7 Å². The summed E-state index contributed by atoms with van der Waals surface area (Å²) in [6.45, 7) is 0.155. The topological polar surface area (TPSA) is 93.7 Å². The van der Waals surface area contributed by atoms with Crippen molar-refractivity contribution < 1.29 is 18.9 Å². The van der Waals surface area contributed by atoms with E-state index in [0.29, 0.717) is 5.76 Å². The monoisotopic (exact) mass is 518 g/mol. The molecule has 2 amide bonds. The summed E-state index contributed by atoms with van der Waals surface area (Å²) in [6.07, 6.45) is 1.46. The fraction of sp³-hybridized carbons (Fsp3) is 0.0476. The van der Waals surface area contributed by atoms with Crippen LogP contribution in [0.2, 0.25) is 5.02 Å². The molecule has 2 heterocycles. The number of nitrogens with zero attached hydrogens (tertiary/aromatic N) is 2. The molecule has 0 saturated carbocycles. The Morgan fingerprint density at radius 2 is 1.97 bits per heavy atom. The number of rotatable bonds is 5. The molecule has 4 rings (SSSR count). The van der Waals surface area contributed by atoms with E-state index in [4.69, 9.17) is 16.0 Å². The summed E-state index contributed by atoms with van der Waals surface area (Å²) in [5, 5.41) is 11.2. The lowest BCUT2D eigenvalue weighted by molar-refractivity contribution is -0.384. The van der Waals surface area contributed by atoms with E-state index < -0.39 is 10.8 Å². The zero-order valence-corrected chi connectivity index (χ0v) is 18.7. The van der Waals surface area contributed by atoms with Gasteiger partial charge >= 0.3 is 0 Å². The zero-order valence-electron chi connectivity index (χ0n) is 15.6. The highest BCUT2D eigenvalue weighted by Gasteiger charge is 2.35. The number of hydrogen-bond acceptors (Lipinski definition) is 6. The maximum absolute atomic E-state index is 12.7. The number of benzene rings is 2. The van der Waals surface area contributed by atoms with E-state index >= 15 is 0 Å². The molecule has 10 heteroatoms. The predicted molar refractivity (Wildman–Crippen MR) is 121 cm³/mol. The Labute approximate surface area is 193 Å². The van der Waals surface area contributed by atoms with Crippen LogP contribution in [0.25, 0.3) is 17.4 Å². The molecule has 156 valence electrons. The van der Waals surface area contributed by atoms with E-state index in [1.807, 2.05) is 24.3 Å². The number of nitro benzene ring substituents is 1. The highest BCUT2D eigenvalue weighted by molar-refractivity contribution is 9.10. The Balaban J connectivity index is 1.58. The summed E-state index contributed by atoms with van der Waals surface area (Å²) >= 11 is 10.0. The molecule has 0 bridgehead atoms. The number of furan rings is 1. The Bertz CT molecular complexity index is 1260. The van der Waals surface area contributed by atoms with Crippen LogP contribution in [0.3, 0.4) is 0 Å². The van der Waals surface area contributed by atoms with E-state index in [1.165, 1.54) is 24.3 Å². The fourth-order valence-electron chi connectivity index (χ4n) is 3.02. The van der Waals surface area contributed by atoms with Crippen LogP contribution in [-0.2, 0) is 11.3 Å². The molecule has 0 unspecified atom stereocenters. The van der Waals surface area contributed by atoms with Gasteiger partial charge in [0.15, 0.2) is 0 Å². The van der Waals surface area contributed by atoms with Crippen molar-refractivity contribution >= 4 is 62.2 Å². The third-order valence-corrected chi connectivity index (χ3v) is 6.06. The first kappa shape index (κ1) is 21.4. The van der Waals surface area contributed by atoms with Gasteiger partial charge in [-0.15, -0.1) is 0 Å². The van der Waals surface area contributed by atoms with Crippen LogP contribution in [0.4, 0.5) is 10.5 Å². The minimum absolute atomic E-state index is 0.155. The minimum atomic E-state index is -0.545. The molecule has 1 saturated heterocycles. The van der Waals surface area contributed by atoms with Crippen LogP contribution in [0, 0.1) is 10.1 Å². The molecule has 0 radical (unpaired) electrons. The van der Waals surface area contributed by atoms with Crippen LogP contribution < -0.4 is 0 Å². The number of imide groups is 1. The first-order valence-electron chi connectivity index (χ1n) is 8.86. The number of amides is 2. The van der Waals surface area contributed by atoms with Gasteiger partial charge < -0.3 is 4.42 Å². The predicted octanol–water partition coefficient (Wildman–Crippen LogP) is 6.51. The first-order chi connectivity index (χ1) is 14.8. The largest absolute Gasteiger partial charge is 0.456 e. The molecule has 31 heavy (non-hydrogen) atoms. The van der Waals surface area contributed by atoms with Crippen molar-refractivity contribution in [3.8, 4) is 11.3 Å². The molecule has 3 aromatic rings. The third-order valence-electron chi connectivity index (χ3n) is 4.43. The van der Waals surface area contributed by atoms with Crippen molar-refractivity contribution in [2.75, 3.05) is 0 Å². The van der Waals surface area contributed by atoms with Gasteiger partial charge in [-0.3, -0.25) is 24.6 Å². The summed E-state index contributed by atoms with van der Waals surface area (Å²) in [5.41, 5.74) is 0.882. The van der Waals surface area contributed by atoms with Crippen molar-refractivity contribution in [3.05, 3.63) is 90.4 Å². The average molecular weight is 520 g/mol. The number of nitro groups is 1. The fourth-order valence-corrected chi connectivity index (χ4v) is 4.45. The third kappa shape index (κ3) is 4.58. The minimum Gasteiger partial charge on any atom is -0.456 e. The summed E-state index contributed by atoms with van der Waals surface area (Å²) in [4.78, 5) is 37.2. The molecule has 1 aliphatic rings. The van der Waals surface area contributed by atoms with E-state index in [1.54, 1.807) is 12.1 Å². The quantitative estimate of drug-likeness (QED) is 0.217. The molecule has 0 N–H and O–H groups in total. The smallest absolute Gasteiger partial charge is 0.293 e. The summed E-state index contributed by atoms with van der Waals surface area (Å²) in [7, 11) is 0. The second kappa shape index (κ2) is 8.70. The lowest BCUT2D eigenvalue weighted by atomic mass is 10.1. The standard InChI is InChI=1S/C21H12BrClN2O5S/c22-13-3-1-2-12(8-13)11-24-20(26)19(31-21(24)27)10-15-5-7-18(30-15)16-6-4-14(23)9-17(16)25(28)29/h1-10H,11H2/b19-10+. The number of hydrogen-bond donors (Lipinski definition) is 0. The molecule has 7 nitrogen and oxygen atoms in total. The second-order valence-corrected chi connectivity index (χ2v) is 8.86.